The minimum atomic E-state index is -0.488. The molecule has 0 aromatic heterocycles. The summed E-state index contributed by atoms with van der Waals surface area (Å²) in [5, 5.41) is 3.27. The Bertz CT molecular complexity index is 646. The van der Waals surface area contributed by atoms with Crippen molar-refractivity contribution < 1.29 is 19.1 Å². The molecule has 25 heavy (non-hydrogen) atoms. The zero-order valence-corrected chi connectivity index (χ0v) is 15.0. The highest BCUT2D eigenvalue weighted by Crippen LogP contribution is 2.15. The topological polar surface area (TPSA) is 77.0 Å². The Hall–Kier alpha value is -2.28. The molecule has 0 radical (unpaired) electrons. The summed E-state index contributed by atoms with van der Waals surface area (Å²) in [4.78, 5) is 28.1. The molecular weight excluding hydrogens is 340 g/mol. The fraction of sp³-hybridized carbons (Fsp3) is 0.444. The first kappa shape index (κ1) is 19.1. The summed E-state index contributed by atoms with van der Waals surface area (Å²) >= 11 is 5.06. The maximum absolute atomic E-state index is 12.4. The molecule has 1 aromatic carbocycles. The molecule has 1 atom stereocenters. The van der Waals surface area contributed by atoms with Crippen LogP contribution in [0.2, 0.25) is 0 Å². The number of hydrogen-bond donors (Lipinski definition) is 1. The maximum atomic E-state index is 12.4. The molecule has 0 spiro atoms. The van der Waals surface area contributed by atoms with Crippen molar-refractivity contribution in [1.29, 1.82) is 0 Å². The summed E-state index contributed by atoms with van der Waals surface area (Å²) in [5.74, 6) is -1.07. The van der Waals surface area contributed by atoms with Gasteiger partial charge in [-0.1, -0.05) is 30.3 Å². The highest BCUT2D eigenvalue weighted by Gasteiger charge is 2.29. The molecule has 1 heterocycles. The maximum Gasteiger partial charge on any atom is 0.316 e. The van der Waals surface area contributed by atoms with Crippen LogP contribution in [0.1, 0.15) is 31.7 Å². The van der Waals surface area contributed by atoms with Crippen LogP contribution in [0.4, 0.5) is 0 Å². The van der Waals surface area contributed by atoms with E-state index in [0.717, 1.165) is 5.56 Å². The van der Waals surface area contributed by atoms with Crippen LogP contribution < -0.4 is 5.32 Å². The minimum absolute atomic E-state index is 0.219. The second-order valence-electron chi connectivity index (χ2n) is 5.59. The van der Waals surface area contributed by atoms with Crippen LogP contribution >= 0.6 is 12.2 Å². The zero-order valence-electron chi connectivity index (χ0n) is 14.2. The molecule has 1 N–H and O–H groups in total. The van der Waals surface area contributed by atoms with E-state index in [2.05, 4.69) is 10.3 Å². The van der Waals surface area contributed by atoms with E-state index in [1.807, 2.05) is 30.3 Å². The van der Waals surface area contributed by atoms with E-state index in [-0.39, 0.29) is 18.5 Å². The molecule has 2 rings (SSSR count). The third-order valence-corrected chi connectivity index (χ3v) is 3.97. The molecule has 0 aliphatic carbocycles. The van der Waals surface area contributed by atoms with Gasteiger partial charge in [-0.15, -0.1) is 0 Å². The third-order valence-electron chi connectivity index (χ3n) is 3.73. The summed E-state index contributed by atoms with van der Waals surface area (Å²) in [5.41, 5.74) is 1.59. The fourth-order valence-electron chi connectivity index (χ4n) is 2.48. The molecule has 1 aliphatic rings. The Morgan fingerprint density at radius 2 is 2.04 bits per heavy atom. The van der Waals surface area contributed by atoms with Gasteiger partial charge >= 0.3 is 11.9 Å². The summed E-state index contributed by atoms with van der Waals surface area (Å²) in [7, 11) is 0. The lowest BCUT2D eigenvalue weighted by Gasteiger charge is -2.23. The number of nitrogens with one attached hydrogen (secondary N) is 1. The molecule has 6 nitrogen and oxygen atoms in total. The Kier molecular flexibility index (Phi) is 7.53. The van der Waals surface area contributed by atoms with Crippen molar-refractivity contribution in [3.63, 3.8) is 0 Å². The van der Waals surface area contributed by atoms with Gasteiger partial charge in [0.15, 0.2) is 5.11 Å². The Morgan fingerprint density at radius 3 is 2.76 bits per heavy atom. The Labute approximate surface area is 152 Å². The molecule has 1 unspecified atom stereocenters. The summed E-state index contributed by atoms with van der Waals surface area (Å²) in [6.45, 7) is 2.72. The van der Waals surface area contributed by atoms with E-state index in [0.29, 0.717) is 43.2 Å². The molecule has 0 saturated heterocycles. The predicted molar refractivity (Wildman–Crippen MR) is 98.2 cm³/mol. The van der Waals surface area contributed by atoms with Crippen LogP contribution in [0.5, 0.6) is 0 Å². The van der Waals surface area contributed by atoms with Crippen molar-refractivity contribution in [2.24, 2.45) is 10.9 Å². The van der Waals surface area contributed by atoms with Crippen molar-refractivity contribution in [3.05, 3.63) is 35.9 Å². The standard InChI is InChI=1S/C18H22N2O4S/c1-2-23-16(21)10-6-9-15-14(11-19-18(25)20-15)17(22)24-12-13-7-4-3-5-8-13/h3-5,7-8,14H,2,6,9-12H2,1H3,(H,19,25). The van der Waals surface area contributed by atoms with Crippen molar-refractivity contribution >= 4 is 35.0 Å². The van der Waals surface area contributed by atoms with Gasteiger partial charge in [-0.05, 0) is 37.5 Å². The van der Waals surface area contributed by atoms with Crippen molar-refractivity contribution in [2.45, 2.75) is 32.8 Å². The largest absolute Gasteiger partial charge is 0.466 e. The van der Waals surface area contributed by atoms with Gasteiger partial charge in [0.1, 0.15) is 12.5 Å². The highest BCUT2D eigenvalue weighted by molar-refractivity contribution is 7.80. The molecule has 0 saturated carbocycles. The molecule has 7 heteroatoms. The van der Waals surface area contributed by atoms with Gasteiger partial charge in [-0.3, -0.25) is 9.59 Å². The van der Waals surface area contributed by atoms with E-state index in [9.17, 15) is 9.59 Å². The normalized spacial score (nSPS) is 16.6. The second-order valence-corrected chi connectivity index (χ2v) is 5.98. The molecular formula is C18H22N2O4S. The van der Waals surface area contributed by atoms with Crippen LogP contribution in [-0.2, 0) is 25.7 Å². The number of rotatable bonds is 8. The molecule has 134 valence electrons. The van der Waals surface area contributed by atoms with Crippen molar-refractivity contribution in [2.75, 3.05) is 13.2 Å². The number of nitrogens with zero attached hydrogens (tertiary/aromatic N) is 1. The van der Waals surface area contributed by atoms with Crippen LogP contribution in [-0.4, -0.2) is 35.9 Å². The Morgan fingerprint density at radius 1 is 1.28 bits per heavy atom. The first-order chi connectivity index (χ1) is 12.1. The number of carbonyl (C=O) groups excluding carboxylic acids is 2. The van der Waals surface area contributed by atoms with E-state index >= 15 is 0 Å². The number of hydrogen-bond acceptors (Lipinski definition) is 5. The second kappa shape index (κ2) is 9.88. The number of benzene rings is 1. The predicted octanol–water partition coefficient (Wildman–Crippen LogP) is 2.41. The van der Waals surface area contributed by atoms with Crippen LogP contribution in [0, 0.1) is 5.92 Å². The van der Waals surface area contributed by atoms with Gasteiger partial charge in [0.2, 0.25) is 0 Å². The summed E-state index contributed by atoms with van der Waals surface area (Å²) in [6, 6.07) is 9.50. The minimum Gasteiger partial charge on any atom is -0.466 e. The van der Waals surface area contributed by atoms with E-state index in [1.54, 1.807) is 6.92 Å². The van der Waals surface area contributed by atoms with Crippen molar-refractivity contribution in [1.82, 2.24) is 5.32 Å². The highest BCUT2D eigenvalue weighted by atomic mass is 32.1. The zero-order chi connectivity index (χ0) is 18.1. The Balaban J connectivity index is 1.90. The van der Waals surface area contributed by atoms with Crippen molar-refractivity contribution in [3.8, 4) is 0 Å². The SMILES string of the molecule is CCOC(=O)CCCC1=NC(=S)NCC1C(=O)OCc1ccccc1. The van der Waals surface area contributed by atoms with Gasteiger partial charge in [0.25, 0.3) is 0 Å². The van der Waals surface area contributed by atoms with E-state index in [1.165, 1.54) is 0 Å². The number of ether oxygens (including phenoxy) is 2. The summed E-state index contributed by atoms with van der Waals surface area (Å²) in [6.07, 6.45) is 1.35. The average Bonchev–Trinajstić information content (AvgIpc) is 2.61. The molecule has 1 aromatic rings. The lowest BCUT2D eigenvalue weighted by molar-refractivity contribution is -0.147. The smallest absolute Gasteiger partial charge is 0.316 e. The third kappa shape index (κ3) is 6.26. The molecule has 0 fully saturated rings. The molecule has 1 aliphatic heterocycles. The van der Waals surface area contributed by atoms with Gasteiger partial charge in [0, 0.05) is 18.7 Å². The number of thiocarbonyl (C=S) groups is 1. The van der Waals surface area contributed by atoms with Gasteiger partial charge in [-0.2, -0.15) is 0 Å². The number of carbonyl (C=O) groups is 2. The van der Waals surface area contributed by atoms with Crippen LogP contribution in [0.15, 0.2) is 35.3 Å². The quantitative estimate of drug-likeness (QED) is 0.565. The van der Waals surface area contributed by atoms with Gasteiger partial charge in [0.05, 0.1) is 6.61 Å². The monoisotopic (exact) mass is 362 g/mol. The lowest BCUT2D eigenvalue weighted by atomic mass is 9.97. The van der Waals surface area contributed by atoms with E-state index in [4.69, 9.17) is 21.7 Å². The number of esters is 2. The first-order valence-electron chi connectivity index (χ1n) is 8.31. The number of aliphatic imine (C=N–C) groups is 1. The summed E-state index contributed by atoms with van der Waals surface area (Å²) < 4.78 is 10.3. The fourth-order valence-corrected chi connectivity index (χ4v) is 2.68. The average molecular weight is 362 g/mol. The van der Waals surface area contributed by atoms with Crippen LogP contribution in [0.3, 0.4) is 0 Å². The molecule has 0 amide bonds. The van der Waals surface area contributed by atoms with E-state index < -0.39 is 5.92 Å². The van der Waals surface area contributed by atoms with Gasteiger partial charge in [-0.25, -0.2) is 4.99 Å². The molecule has 0 bridgehead atoms. The van der Waals surface area contributed by atoms with Crippen LogP contribution in [0.25, 0.3) is 0 Å². The van der Waals surface area contributed by atoms with Gasteiger partial charge < -0.3 is 14.8 Å². The first-order valence-corrected chi connectivity index (χ1v) is 8.72. The lowest BCUT2D eigenvalue weighted by Crippen LogP contribution is -2.42.